The number of nitrogens with zero attached hydrogens (tertiary/aromatic N) is 1. The minimum absolute atomic E-state index is 0.0216. The van der Waals surface area contributed by atoms with Gasteiger partial charge in [0.05, 0.1) is 17.3 Å². The number of aryl methyl sites for hydroxylation is 1. The molecule has 2 aliphatic rings. The smallest absolute Gasteiger partial charge is 0.138 e. The summed E-state index contributed by atoms with van der Waals surface area (Å²) in [5.41, 5.74) is 9.75. The van der Waals surface area contributed by atoms with Gasteiger partial charge in [0.25, 0.3) is 0 Å². The Morgan fingerprint density at radius 2 is 1.69 bits per heavy atom. The zero-order chi connectivity index (χ0) is 25.2. The topological polar surface area (TPSA) is 21.6 Å². The molecule has 6 rings (SSSR count). The van der Waals surface area contributed by atoms with Crippen LogP contribution < -0.4 is 4.74 Å². The third-order valence-corrected chi connectivity index (χ3v) is 7.63. The molecule has 0 aliphatic carbocycles. The molecular weight excluding hydrogens is 438 g/mol. The van der Waals surface area contributed by atoms with E-state index in [0.29, 0.717) is 5.92 Å². The Kier molecular flexibility index (Phi) is 5.33. The highest BCUT2D eigenvalue weighted by molar-refractivity contribution is 6.11. The lowest BCUT2D eigenvalue weighted by atomic mass is 9.77. The Labute approximate surface area is 215 Å². The van der Waals surface area contributed by atoms with Crippen LogP contribution in [0.25, 0.3) is 10.8 Å². The molecule has 2 aliphatic heterocycles. The maximum atomic E-state index is 6.88. The van der Waals surface area contributed by atoms with Crippen molar-refractivity contribution in [2.45, 2.75) is 65.4 Å². The van der Waals surface area contributed by atoms with Crippen LogP contribution in [0.15, 0.2) is 77.8 Å². The molecule has 0 radical (unpaired) electrons. The van der Waals surface area contributed by atoms with Crippen LogP contribution in [0.3, 0.4) is 0 Å². The van der Waals surface area contributed by atoms with E-state index < -0.39 is 0 Å². The van der Waals surface area contributed by atoms with E-state index in [4.69, 9.17) is 9.73 Å². The summed E-state index contributed by atoms with van der Waals surface area (Å²) in [6.45, 7) is 13.6. The number of ether oxygens (including phenoxy) is 1. The third kappa shape index (κ3) is 3.75. The monoisotopic (exact) mass is 473 g/mol. The Morgan fingerprint density at radius 1 is 0.889 bits per heavy atom. The van der Waals surface area contributed by atoms with Crippen LogP contribution >= 0.6 is 0 Å². The summed E-state index contributed by atoms with van der Waals surface area (Å²) in [6, 6.07) is 26.7. The second-order valence-corrected chi connectivity index (χ2v) is 12.0. The maximum absolute atomic E-state index is 6.88. The molecule has 0 spiro atoms. The fourth-order valence-corrected chi connectivity index (χ4v) is 6.01. The van der Waals surface area contributed by atoms with Crippen molar-refractivity contribution in [2.24, 2.45) is 10.9 Å². The molecule has 2 heteroatoms. The number of para-hydroxylation sites is 1. The molecule has 4 aromatic carbocycles. The number of rotatable bonds is 3. The molecule has 0 aromatic heterocycles. The Morgan fingerprint density at radius 3 is 2.47 bits per heavy atom. The summed E-state index contributed by atoms with van der Waals surface area (Å²) in [6.07, 6.45) is 0.958. The molecule has 182 valence electrons. The van der Waals surface area contributed by atoms with Gasteiger partial charge in [-0.15, -0.1) is 0 Å². The van der Waals surface area contributed by atoms with Gasteiger partial charge in [0, 0.05) is 11.1 Å². The van der Waals surface area contributed by atoms with E-state index in [-0.39, 0.29) is 17.4 Å². The van der Waals surface area contributed by atoms with Gasteiger partial charge in [-0.1, -0.05) is 94.8 Å². The molecule has 2 nitrogen and oxygen atoms in total. The molecule has 0 amide bonds. The molecule has 0 saturated carbocycles. The van der Waals surface area contributed by atoms with Gasteiger partial charge in [-0.25, -0.2) is 0 Å². The molecule has 0 fully saturated rings. The van der Waals surface area contributed by atoms with Crippen molar-refractivity contribution >= 4 is 22.2 Å². The highest BCUT2D eigenvalue weighted by atomic mass is 16.5. The molecule has 0 bridgehead atoms. The standard InChI is InChI=1S/C34H35NO/c1-20(2)16-23-11-9-13-26-30-31(35-29-15-14-21(3)17-27(29)33(30)36-32(23)26)24-18-22-10-7-8-12-25(22)28(19-24)34(4,5)6/h7-15,17-20,30,33H,16H2,1-6H3. The third-order valence-electron chi connectivity index (χ3n) is 7.63. The van der Waals surface area contributed by atoms with Crippen LogP contribution in [0.2, 0.25) is 0 Å². The Bertz CT molecular complexity index is 1520. The van der Waals surface area contributed by atoms with Crippen LogP contribution in [0.5, 0.6) is 5.75 Å². The predicted molar refractivity (Wildman–Crippen MR) is 151 cm³/mol. The lowest BCUT2D eigenvalue weighted by molar-refractivity contribution is 0.226. The summed E-state index contributed by atoms with van der Waals surface area (Å²) in [7, 11) is 0. The lowest BCUT2D eigenvalue weighted by Gasteiger charge is -2.29. The molecule has 0 saturated heterocycles. The molecule has 4 aromatic rings. The van der Waals surface area contributed by atoms with E-state index in [1.54, 1.807) is 0 Å². The first-order chi connectivity index (χ1) is 17.2. The van der Waals surface area contributed by atoms with Crippen molar-refractivity contribution in [1.29, 1.82) is 0 Å². The van der Waals surface area contributed by atoms with E-state index in [0.717, 1.165) is 23.6 Å². The zero-order valence-electron chi connectivity index (χ0n) is 22.2. The van der Waals surface area contributed by atoms with Crippen LogP contribution in [-0.4, -0.2) is 5.71 Å². The van der Waals surface area contributed by atoms with Crippen molar-refractivity contribution in [3.8, 4) is 5.75 Å². The second-order valence-electron chi connectivity index (χ2n) is 12.0. The number of benzene rings is 4. The lowest BCUT2D eigenvalue weighted by Crippen LogP contribution is -2.24. The van der Waals surface area contributed by atoms with Crippen molar-refractivity contribution in [3.05, 3.63) is 106 Å². The van der Waals surface area contributed by atoms with E-state index >= 15 is 0 Å². The molecule has 2 heterocycles. The number of aliphatic imine (C=N–C) groups is 1. The van der Waals surface area contributed by atoms with Crippen LogP contribution in [-0.2, 0) is 11.8 Å². The summed E-state index contributed by atoms with van der Waals surface area (Å²) in [4.78, 5) is 5.36. The first kappa shape index (κ1) is 23.0. The highest BCUT2D eigenvalue weighted by Gasteiger charge is 2.44. The van der Waals surface area contributed by atoms with E-state index in [9.17, 15) is 0 Å². The van der Waals surface area contributed by atoms with Gasteiger partial charge in [0.15, 0.2) is 0 Å². The van der Waals surface area contributed by atoms with Crippen LogP contribution in [0.4, 0.5) is 5.69 Å². The molecule has 2 atom stereocenters. The van der Waals surface area contributed by atoms with E-state index in [1.807, 2.05) is 0 Å². The van der Waals surface area contributed by atoms with Crippen molar-refractivity contribution in [1.82, 2.24) is 0 Å². The largest absolute Gasteiger partial charge is 0.484 e. The quantitative estimate of drug-likeness (QED) is 0.291. The van der Waals surface area contributed by atoms with Crippen molar-refractivity contribution < 1.29 is 4.74 Å². The van der Waals surface area contributed by atoms with Crippen molar-refractivity contribution in [2.75, 3.05) is 0 Å². The maximum Gasteiger partial charge on any atom is 0.138 e. The highest BCUT2D eigenvalue weighted by Crippen LogP contribution is 2.54. The molecular formula is C34H35NO. The molecule has 0 N–H and O–H groups in total. The Hall–Kier alpha value is -3.39. The summed E-state index contributed by atoms with van der Waals surface area (Å²) in [5, 5.41) is 2.58. The summed E-state index contributed by atoms with van der Waals surface area (Å²) < 4.78 is 6.88. The number of hydrogen-bond acceptors (Lipinski definition) is 2. The second kappa shape index (κ2) is 8.34. The fourth-order valence-electron chi connectivity index (χ4n) is 6.01. The van der Waals surface area contributed by atoms with Gasteiger partial charge in [-0.2, -0.15) is 0 Å². The van der Waals surface area contributed by atoms with Crippen molar-refractivity contribution in [3.63, 3.8) is 0 Å². The first-order valence-corrected chi connectivity index (χ1v) is 13.2. The number of hydrogen-bond donors (Lipinski definition) is 0. The summed E-state index contributed by atoms with van der Waals surface area (Å²) >= 11 is 0. The van der Waals surface area contributed by atoms with Gasteiger partial charge < -0.3 is 4.74 Å². The van der Waals surface area contributed by atoms with Gasteiger partial charge in [0.2, 0.25) is 0 Å². The fraction of sp³-hybridized carbons (Fsp3) is 0.324. The van der Waals surface area contributed by atoms with Crippen LogP contribution in [0, 0.1) is 12.8 Å². The van der Waals surface area contributed by atoms with E-state index in [1.165, 1.54) is 44.2 Å². The molecule has 2 unspecified atom stereocenters. The first-order valence-electron chi connectivity index (χ1n) is 13.2. The van der Waals surface area contributed by atoms with Gasteiger partial charge in [-0.3, -0.25) is 4.99 Å². The van der Waals surface area contributed by atoms with Crippen LogP contribution in [0.1, 0.15) is 80.0 Å². The molecule has 36 heavy (non-hydrogen) atoms. The average molecular weight is 474 g/mol. The van der Waals surface area contributed by atoms with Gasteiger partial charge >= 0.3 is 0 Å². The minimum atomic E-state index is -0.0553. The van der Waals surface area contributed by atoms with Gasteiger partial charge in [0.1, 0.15) is 11.9 Å². The predicted octanol–water partition coefficient (Wildman–Crippen LogP) is 9.00. The average Bonchev–Trinajstić information content (AvgIpc) is 3.23. The normalized spacial score (nSPS) is 18.5. The Balaban J connectivity index is 1.61. The number of fused-ring (bicyclic) bond motifs is 6. The van der Waals surface area contributed by atoms with Gasteiger partial charge in [-0.05, 0) is 70.3 Å². The SMILES string of the molecule is Cc1ccc2c(c1)C1Oc3c(CC(C)C)cccc3C1C(c1cc(C(C)(C)C)c3ccccc3c1)=N2. The minimum Gasteiger partial charge on any atom is -0.484 e. The zero-order valence-corrected chi connectivity index (χ0v) is 22.2. The summed E-state index contributed by atoms with van der Waals surface area (Å²) in [5.74, 6) is 1.72. The van der Waals surface area contributed by atoms with E-state index in [2.05, 4.69) is 114 Å².